The molecule has 1 atom stereocenters. The quantitative estimate of drug-likeness (QED) is 0.753. The van der Waals surface area contributed by atoms with E-state index in [1.165, 1.54) is 0 Å². The fourth-order valence-electron chi connectivity index (χ4n) is 3.29. The summed E-state index contributed by atoms with van der Waals surface area (Å²) in [6.45, 7) is 5.16. The predicted molar refractivity (Wildman–Crippen MR) is 98.7 cm³/mol. The zero-order valence-electron chi connectivity index (χ0n) is 15.3. The molecule has 27 heavy (non-hydrogen) atoms. The van der Waals surface area contributed by atoms with E-state index in [9.17, 15) is 4.79 Å². The van der Waals surface area contributed by atoms with Gasteiger partial charge in [-0.15, -0.1) is 10.2 Å². The first-order valence-corrected chi connectivity index (χ1v) is 8.93. The smallest absolute Gasteiger partial charge is 0.230 e. The maximum atomic E-state index is 12.5. The molecule has 9 nitrogen and oxygen atoms in total. The van der Waals surface area contributed by atoms with Gasteiger partial charge in [-0.25, -0.2) is 4.98 Å². The topological polar surface area (TPSA) is 102 Å². The maximum Gasteiger partial charge on any atom is 0.230 e. The van der Waals surface area contributed by atoms with Crippen LogP contribution >= 0.6 is 0 Å². The Balaban J connectivity index is 1.43. The molecule has 4 rings (SSSR count). The van der Waals surface area contributed by atoms with Gasteiger partial charge in [0.05, 0.1) is 5.92 Å². The van der Waals surface area contributed by atoms with Crippen LogP contribution in [0, 0.1) is 19.8 Å². The summed E-state index contributed by atoms with van der Waals surface area (Å²) in [6.07, 6.45) is 5.33. The molecule has 1 amide bonds. The van der Waals surface area contributed by atoms with Gasteiger partial charge in [-0.2, -0.15) is 0 Å². The summed E-state index contributed by atoms with van der Waals surface area (Å²) in [5.74, 6) is 3.29. The van der Waals surface area contributed by atoms with E-state index in [1.807, 2.05) is 29.8 Å². The normalized spacial score (nSPS) is 17.1. The third kappa shape index (κ3) is 3.67. The zero-order valence-corrected chi connectivity index (χ0v) is 15.3. The molecule has 3 aromatic rings. The molecule has 0 radical (unpaired) electrons. The summed E-state index contributed by atoms with van der Waals surface area (Å²) in [7, 11) is 0. The first-order valence-electron chi connectivity index (χ1n) is 8.93. The summed E-state index contributed by atoms with van der Waals surface area (Å²) < 4.78 is 6.87. The molecule has 0 spiro atoms. The summed E-state index contributed by atoms with van der Waals surface area (Å²) in [5, 5.41) is 15.3. The monoisotopic (exact) mass is 367 g/mol. The van der Waals surface area contributed by atoms with E-state index in [2.05, 4.69) is 30.6 Å². The molecule has 4 heterocycles. The standard InChI is InChI=1S/C18H21N7O2/c1-12-10-15(23-27-12)20-18(26)14-4-3-8-24(11-14)16-5-6-17(22-21-16)25-9-7-19-13(25)2/h5-7,9-10,14H,3-4,8,11H2,1-2H3,(H,20,23,26). The van der Waals surface area contributed by atoms with Crippen molar-refractivity contribution in [2.75, 3.05) is 23.3 Å². The second-order valence-electron chi connectivity index (χ2n) is 6.69. The van der Waals surface area contributed by atoms with E-state index in [0.29, 0.717) is 18.1 Å². The molecule has 1 N–H and O–H groups in total. The van der Waals surface area contributed by atoms with Crippen molar-refractivity contribution in [2.45, 2.75) is 26.7 Å². The Bertz CT molecular complexity index is 931. The van der Waals surface area contributed by atoms with Crippen molar-refractivity contribution in [3.8, 4) is 5.82 Å². The van der Waals surface area contributed by atoms with Crippen LogP contribution in [0.4, 0.5) is 11.6 Å². The van der Waals surface area contributed by atoms with E-state index < -0.39 is 0 Å². The van der Waals surface area contributed by atoms with Crippen LogP contribution in [0.25, 0.3) is 5.82 Å². The molecule has 1 saturated heterocycles. The molecule has 0 saturated carbocycles. The van der Waals surface area contributed by atoms with Crippen molar-refractivity contribution >= 4 is 17.5 Å². The molecule has 3 aromatic heterocycles. The second kappa shape index (κ2) is 7.18. The number of hydrogen-bond donors (Lipinski definition) is 1. The summed E-state index contributed by atoms with van der Waals surface area (Å²) >= 11 is 0. The number of anilines is 2. The van der Waals surface area contributed by atoms with Gasteiger partial charge in [0.2, 0.25) is 5.91 Å². The van der Waals surface area contributed by atoms with Gasteiger partial charge in [0.15, 0.2) is 17.5 Å². The predicted octanol–water partition coefficient (Wildman–Crippen LogP) is 2.12. The Morgan fingerprint density at radius 1 is 1.26 bits per heavy atom. The Hall–Kier alpha value is -3.23. The number of piperidine rings is 1. The van der Waals surface area contributed by atoms with Crippen LogP contribution in [0.1, 0.15) is 24.4 Å². The molecule has 140 valence electrons. The van der Waals surface area contributed by atoms with Crippen LogP contribution in [-0.2, 0) is 4.79 Å². The molecule has 1 fully saturated rings. The van der Waals surface area contributed by atoms with Gasteiger partial charge in [0, 0.05) is 31.5 Å². The van der Waals surface area contributed by atoms with E-state index in [1.54, 1.807) is 19.2 Å². The molecular weight excluding hydrogens is 346 g/mol. The van der Waals surface area contributed by atoms with E-state index >= 15 is 0 Å². The number of amides is 1. The number of imidazole rings is 1. The van der Waals surface area contributed by atoms with Gasteiger partial charge >= 0.3 is 0 Å². The van der Waals surface area contributed by atoms with Crippen LogP contribution in [0.2, 0.25) is 0 Å². The summed E-state index contributed by atoms with van der Waals surface area (Å²) in [4.78, 5) is 18.8. The fraction of sp³-hybridized carbons (Fsp3) is 0.389. The second-order valence-corrected chi connectivity index (χ2v) is 6.69. The highest BCUT2D eigenvalue weighted by Gasteiger charge is 2.27. The van der Waals surface area contributed by atoms with Crippen molar-refractivity contribution < 1.29 is 9.32 Å². The van der Waals surface area contributed by atoms with Crippen molar-refractivity contribution in [1.29, 1.82) is 0 Å². The Kier molecular flexibility index (Phi) is 4.57. The van der Waals surface area contributed by atoms with Gasteiger partial charge in [0.25, 0.3) is 0 Å². The lowest BCUT2D eigenvalue weighted by Gasteiger charge is -2.32. The Morgan fingerprint density at radius 2 is 2.07 bits per heavy atom. The van der Waals surface area contributed by atoms with Crippen molar-refractivity contribution in [1.82, 2.24) is 24.9 Å². The van der Waals surface area contributed by atoms with Crippen molar-refractivity contribution in [3.05, 3.63) is 42.2 Å². The SMILES string of the molecule is Cc1cc(NC(=O)C2CCCN(c3ccc(-n4ccnc4C)nn3)C2)no1. The number of nitrogens with zero attached hydrogens (tertiary/aromatic N) is 6. The number of aryl methyl sites for hydroxylation is 2. The largest absolute Gasteiger partial charge is 0.360 e. The molecule has 0 aliphatic carbocycles. The van der Waals surface area contributed by atoms with Crippen LogP contribution in [-0.4, -0.2) is 43.9 Å². The van der Waals surface area contributed by atoms with Crippen LogP contribution in [0.3, 0.4) is 0 Å². The van der Waals surface area contributed by atoms with Crippen molar-refractivity contribution in [2.24, 2.45) is 5.92 Å². The van der Waals surface area contributed by atoms with Gasteiger partial charge < -0.3 is 14.7 Å². The molecule has 0 bridgehead atoms. The number of carbonyl (C=O) groups is 1. The van der Waals surface area contributed by atoms with Gasteiger partial charge in [0.1, 0.15) is 11.6 Å². The zero-order chi connectivity index (χ0) is 18.8. The number of aromatic nitrogens is 5. The Labute approximate surface area is 156 Å². The average Bonchev–Trinajstić information content (AvgIpc) is 3.30. The number of hydrogen-bond acceptors (Lipinski definition) is 7. The van der Waals surface area contributed by atoms with Gasteiger partial charge in [-0.05, 0) is 38.8 Å². The molecule has 0 aromatic carbocycles. The number of carbonyl (C=O) groups excluding carboxylic acids is 1. The van der Waals surface area contributed by atoms with Gasteiger partial charge in [-0.1, -0.05) is 5.16 Å². The highest BCUT2D eigenvalue weighted by Crippen LogP contribution is 2.23. The summed E-state index contributed by atoms with van der Waals surface area (Å²) in [5.41, 5.74) is 0. The minimum atomic E-state index is -0.131. The van der Waals surface area contributed by atoms with Crippen LogP contribution < -0.4 is 10.2 Å². The molecule has 9 heteroatoms. The minimum absolute atomic E-state index is 0.0494. The summed E-state index contributed by atoms with van der Waals surface area (Å²) in [6, 6.07) is 5.56. The van der Waals surface area contributed by atoms with E-state index in [4.69, 9.17) is 4.52 Å². The highest BCUT2D eigenvalue weighted by molar-refractivity contribution is 5.92. The average molecular weight is 367 g/mol. The Morgan fingerprint density at radius 3 is 2.74 bits per heavy atom. The fourth-order valence-corrected chi connectivity index (χ4v) is 3.29. The third-order valence-electron chi connectivity index (χ3n) is 4.70. The number of nitrogens with one attached hydrogen (secondary N) is 1. The van der Waals surface area contributed by atoms with Crippen molar-refractivity contribution in [3.63, 3.8) is 0 Å². The first kappa shape index (κ1) is 17.2. The lowest BCUT2D eigenvalue weighted by molar-refractivity contribution is -0.120. The van der Waals surface area contributed by atoms with E-state index in [-0.39, 0.29) is 11.8 Å². The first-order chi connectivity index (χ1) is 13.1. The highest BCUT2D eigenvalue weighted by atomic mass is 16.5. The molecule has 1 aliphatic heterocycles. The van der Waals surface area contributed by atoms with Gasteiger partial charge in [-0.3, -0.25) is 9.36 Å². The lowest BCUT2D eigenvalue weighted by Crippen LogP contribution is -2.41. The van der Waals surface area contributed by atoms with Crippen LogP contribution in [0.15, 0.2) is 35.1 Å². The van der Waals surface area contributed by atoms with E-state index in [0.717, 1.165) is 36.8 Å². The minimum Gasteiger partial charge on any atom is -0.360 e. The molecule has 1 aliphatic rings. The lowest BCUT2D eigenvalue weighted by atomic mass is 9.97. The molecule has 1 unspecified atom stereocenters. The maximum absolute atomic E-state index is 12.5. The molecular formula is C18H21N7O2. The third-order valence-corrected chi connectivity index (χ3v) is 4.70. The van der Waals surface area contributed by atoms with Crippen LogP contribution in [0.5, 0.6) is 0 Å². The number of rotatable bonds is 4.